The molecule has 2 aliphatic rings. The molecule has 1 aliphatic heterocycles. The second-order valence-corrected chi connectivity index (χ2v) is 5.72. The minimum absolute atomic E-state index is 0.356. The molecule has 2 rings (SSSR count). The SMILES string of the molecule is COC(=O)/C=C(\CC1(O)CCCCC1)N1CCOCC1. The van der Waals surface area contributed by atoms with Gasteiger partial charge in [0.25, 0.3) is 0 Å². The first kappa shape index (κ1) is 15.3. The van der Waals surface area contributed by atoms with Crippen molar-refractivity contribution in [2.75, 3.05) is 33.4 Å². The monoisotopic (exact) mass is 283 g/mol. The summed E-state index contributed by atoms with van der Waals surface area (Å²) in [5.41, 5.74) is 0.209. The second kappa shape index (κ2) is 7.09. The first-order chi connectivity index (χ1) is 9.63. The molecule has 114 valence electrons. The number of hydrogen-bond donors (Lipinski definition) is 1. The number of aliphatic hydroxyl groups is 1. The molecule has 0 atom stereocenters. The summed E-state index contributed by atoms with van der Waals surface area (Å²) in [5, 5.41) is 10.7. The van der Waals surface area contributed by atoms with Gasteiger partial charge in [-0.25, -0.2) is 4.79 Å². The molecule has 0 amide bonds. The molecule has 1 saturated carbocycles. The van der Waals surface area contributed by atoms with Crippen LogP contribution in [0.2, 0.25) is 0 Å². The van der Waals surface area contributed by atoms with E-state index in [0.717, 1.165) is 44.5 Å². The second-order valence-electron chi connectivity index (χ2n) is 5.72. The van der Waals surface area contributed by atoms with E-state index in [9.17, 15) is 9.90 Å². The molecule has 1 aliphatic carbocycles. The summed E-state index contributed by atoms with van der Waals surface area (Å²) >= 11 is 0. The molecule has 5 heteroatoms. The fourth-order valence-electron chi connectivity index (χ4n) is 3.02. The molecule has 1 saturated heterocycles. The molecule has 0 aromatic carbocycles. The Balaban J connectivity index is 2.08. The number of hydrogen-bond acceptors (Lipinski definition) is 5. The summed E-state index contributed by atoms with van der Waals surface area (Å²) in [7, 11) is 1.38. The zero-order chi connectivity index (χ0) is 14.4. The summed E-state index contributed by atoms with van der Waals surface area (Å²) in [5.74, 6) is -0.356. The summed E-state index contributed by atoms with van der Waals surface area (Å²) in [6, 6.07) is 0. The number of carbonyl (C=O) groups excluding carboxylic acids is 1. The molecule has 2 fully saturated rings. The third-order valence-corrected chi connectivity index (χ3v) is 4.20. The number of ether oxygens (including phenoxy) is 2. The molecule has 0 radical (unpaired) electrons. The van der Waals surface area contributed by atoms with Gasteiger partial charge in [-0.05, 0) is 12.8 Å². The normalized spacial score (nSPS) is 23.5. The number of nitrogens with zero attached hydrogens (tertiary/aromatic N) is 1. The Bertz CT molecular complexity index is 355. The van der Waals surface area contributed by atoms with Gasteiger partial charge in [-0.3, -0.25) is 0 Å². The van der Waals surface area contributed by atoms with Gasteiger partial charge in [0.2, 0.25) is 0 Å². The van der Waals surface area contributed by atoms with Gasteiger partial charge in [0.05, 0.1) is 25.9 Å². The van der Waals surface area contributed by atoms with Crippen molar-refractivity contribution in [2.24, 2.45) is 0 Å². The van der Waals surface area contributed by atoms with E-state index >= 15 is 0 Å². The Morgan fingerprint density at radius 1 is 1.30 bits per heavy atom. The van der Waals surface area contributed by atoms with Crippen LogP contribution in [-0.4, -0.2) is 55.0 Å². The van der Waals surface area contributed by atoms with Crippen molar-refractivity contribution in [2.45, 2.75) is 44.1 Å². The molecule has 0 spiro atoms. The topological polar surface area (TPSA) is 59.0 Å². The van der Waals surface area contributed by atoms with Gasteiger partial charge in [0, 0.05) is 31.3 Å². The van der Waals surface area contributed by atoms with Crippen molar-refractivity contribution in [3.05, 3.63) is 11.8 Å². The molecule has 1 N–H and O–H groups in total. The molecule has 0 unspecified atom stereocenters. The van der Waals surface area contributed by atoms with Crippen LogP contribution in [0.1, 0.15) is 38.5 Å². The average molecular weight is 283 g/mol. The standard InChI is InChI=1S/C15H25NO4/c1-19-14(17)11-13(16-7-9-20-10-8-16)12-15(18)5-3-2-4-6-15/h11,18H,2-10,12H2,1H3/b13-11+. The Labute approximate surface area is 120 Å². The molecule has 1 heterocycles. The number of carbonyl (C=O) groups is 1. The lowest BCUT2D eigenvalue weighted by atomic mass is 9.81. The molecule has 0 bridgehead atoms. The Kier molecular flexibility index (Phi) is 5.43. The molecule has 0 aromatic rings. The maximum atomic E-state index is 11.6. The first-order valence-corrected chi connectivity index (χ1v) is 7.47. The quantitative estimate of drug-likeness (QED) is 0.625. The van der Waals surface area contributed by atoms with Crippen molar-refractivity contribution < 1.29 is 19.4 Å². The van der Waals surface area contributed by atoms with Gasteiger partial charge < -0.3 is 19.5 Å². The highest BCUT2D eigenvalue weighted by atomic mass is 16.5. The maximum Gasteiger partial charge on any atom is 0.332 e. The highest BCUT2D eigenvalue weighted by Gasteiger charge is 2.32. The molecule has 5 nitrogen and oxygen atoms in total. The van der Waals surface area contributed by atoms with Crippen LogP contribution in [-0.2, 0) is 14.3 Å². The van der Waals surface area contributed by atoms with E-state index in [1.165, 1.54) is 19.6 Å². The van der Waals surface area contributed by atoms with Crippen LogP contribution in [0.15, 0.2) is 11.8 Å². The minimum atomic E-state index is -0.670. The predicted octanol–water partition coefficient (Wildman–Crippen LogP) is 1.46. The number of esters is 1. The average Bonchev–Trinajstić information content (AvgIpc) is 2.48. The third-order valence-electron chi connectivity index (χ3n) is 4.20. The van der Waals surface area contributed by atoms with Gasteiger partial charge in [0.1, 0.15) is 0 Å². The van der Waals surface area contributed by atoms with Gasteiger partial charge in [-0.15, -0.1) is 0 Å². The number of morpholine rings is 1. The first-order valence-electron chi connectivity index (χ1n) is 7.47. The molecular weight excluding hydrogens is 258 g/mol. The van der Waals surface area contributed by atoms with Gasteiger partial charge >= 0.3 is 5.97 Å². The van der Waals surface area contributed by atoms with Gasteiger partial charge in [-0.1, -0.05) is 19.3 Å². The number of rotatable bonds is 4. The number of methoxy groups -OCH3 is 1. The van der Waals surface area contributed by atoms with Crippen LogP contribution in [0.25, 0.3) is 0 Å². The Morgan fingerprint density at radius 3 is 2.55 bits per heavy atom. The minimum Gasteiger partial charge on any atom is -0.466 e. The van der Waals surface area contributed by atoms with E-state index in [4.69, 9.17) is 9.47 Å². The summed E-state index contributed by atoms with van der Waals surface area (Å²) in [6.45, 7) is 2.85. The van der Waals surface area contributed by atoms with Crippen molar-refractivity contribution >= 4 is 5.97 Å². The van der Waals surface area contributed by atoms with E-state index in [1.54, 1.807) is 0 Å². The van der Waals surface area contributed by atoms with Crippen LogP contribution < -0.4 is 0 Å². The van der Waals surface area contributed by atoms with Crippen LogP contribution in [0.4, 0.5) is 0 Å². The van der Waals surface area contributed by atoms with E-state index in [0.29, 0.717) is 19.6 Å². The van der Waals surface area contributed by atoms with E-state index in [2.05, 4.69) is 4.90 Å². The summed E-state index contributed by atoms with van der Waals surface area (Å²) < 4.78 is 10.1. The Morgan fingerprint density at radius 2 is 1.95 bits per heavy atom. The predicted molar refractivity (Wildman–Crippen MR) is 75.1 cm³/mol. The molecule has 20 heavy (non-hydrogen) atoms. The lowest BCUT2D eigenvalue weighted by Crippen LogP contribution is -2.40. The molecule has 0 aromatic heterocycles. The summed E-state index contributed by atoms with van der Waals surface area (Å²) in [4.78, 5) is 13.7. The van der Waals surface area contributed by atoms with E-state index in [1.807, 2.05) is 0 Å². The van der Waals surface area contributed by atoms with Crippen molar-refractivity contribution in [3.63, 3.8) is 0 Å². The summed E-state index contributed by atoms with van der Waals surface area (Å²) in [6.07, 6.45) is 7.00. The van der Waals surface area contributed by atoms with Gasteiger partial charge in [0.15, 0.2) is 0 Å². The zero-order valence-corrected chi connectivity index (χ0v) is 12.3. The molecular formula is C15H25NO4. The maximum absolute atomic E-state index is 11.6. The van der Waals surface area contributed by atoms with Crippen molar-refractivity contribution in [3.8, 4) is 0 Å². The van der Waals surface area contributed by atoms with Gasteiger partial charge in [-0.2, -0.15) is 0 Å². The lowest BCUT2D eigenvalue weighted by Gasteiger charge is -2.38. The Hall–Kier alpha value is -1.07. The third kappa shape index (κ3) is 4.21. The smallest absolute Gasteiger partial charge is 0.332 e. The zero-order valence-electron chi connectivity index (χ0n) is 12.3. The van der Waals surface area contributed by atoms with E-state index < -0.39 is 5.60 Å². The van der Waals surface area contributed by atoms with Crippen molar-refractivity contribution in [1.82, 2.24) is 4.90 Å². The largest absolute Gasteiger partial charge is 0.466 e. The fraction of sp³-hybridized carbons (Fsp3) is 0.800. The highest BCUT2D eigenvalue weighted by molar-refractivity contribution is 5.82. The van der Waals surface area contributed by atoms with Crippen molar-refractivity contribution in [1.29, 1.82) is 0 Å². The fourth-order valence-corrected chi connectivity index (χ4v) is 3.02. The van der Waals surface area contributed by atoms with Crippen LogP contribution in [0.5, 0.6) is 0 Å². The lowest BCUT2D eigenvalue weighted by molar-refractivity contribution is -0.135. The van der Waals surface area contributed by atoms with Crippen LogP contribution in [0.3, 0.4) is 0 Å². The van der Waals surface area contributed by atoms with Crippen LogP contribution in [0, 0.1) is 0 Å². The highest BCUT2D eigenvalue weighted by Crippen LogP contribution is 2.34. The van der Waals surface area contributed by atoms with E-state index in [-0.39, 0.29) is 5.97 Å². The van der Waals surface area contributed by atoms with Crippen LogP contribution >= 0.6 is 0 Å².